The van der Waals surface area contributed by atoms with Crippen LogP contribution >= 0.6 is 22.6 Å². The Bertz CT molecular complexity index is 895. The molecular weight excluding hydrogens is 379 g/mol. The molecule has 0 atom stereocenters. The lowest BCUT2D eigenvalue weighted by atomic mass is 10.3. The van der Waals surface area contributed by atoms with E-state index in [0.29, 0.717) is 0 Å². The molecule has 0 radical (unpaired) electrons. The molecule has 0 unspecified atom stereocenters. The summed E-state index contributed by atoms with van der Waals surface area (Å²) in [6.45, 7) is 3.94. The molecule has 4 heterocycles. The van der Waals surface area contributed by atoms with Gasteiger partial charge in [0, 0.05) is 22.2 Å². The summed E-state index contributed by atoms with van der Waals surface area (Å²) in [4.78, 5) is 8.24. The van der Waals surface area contributed by atoms with Gasteiger partial charge in [-0.1, -0.05) is 0 Å². The molecule has 6 nitrogen and oxygen atoms in total. The Morgan fingerprint density at radius 1 is 0.952 bits per heavy atom. The highest BCUT2D eigenvalue weighted by Gasteiger charge is 2.01. The zero-order valence-electron chi connectivity index (χ0n) is 11.6. The number of hydrogen-bond acceptors (Lipinski definition) is 4. The Hall–Kier alpha value is -2.03. The van der Waals surface area contributed by atoms with Gasteiger partial charge in [0.15, 0.2) is 0 Å². The summed E-state index contributed by atoms with van der Waals surface area (Å²) < 4.78 is 1.07. The summed E-state index contributed by atoms with van der Waals surface area (Å²) >= 11 is 2.22. The van der Waals surface area contributed by atoms with Gasteiger partial charge in [-0.25, -0.2) is 0 Å². The van der Waals surface area contributed by atoms with Gasteiger partial charge in [-0.2, -0.15) is 10.2 Å². The molecule has 0 aliphatic heterocycles. The number of fused-ring (bicyclic) bond motifs is 2. The Kier molecular flexibility index (Phi) is 3.82. The molecule has 0 saturated carbocycles. The van der Waals surface area contributed by atoms with E-state index in [1.807, 2.05) is 26.0 Å². The maximum absolute atomic E-state index is 4.13. The third-order valence-electron chi connectivity index (χ3n) is 2.99. The van der Waals surface area contributed by atoms with Crippen LogP contribution < -0.4 is 0 Å². The number of aromatic amines is 2. The fourth-order valence-electron chi connectivity index (χ4n) is 1.94. The SMILES string of the molecule is Cc1cc2c(I)[nH]nc2cn1.Cc1cc2cn[nH]c2cn1. The summed E-state index contributed by atoms with van der Waals surface area (Å²) in [7, 11) is 0. The van der Waals surface area contributed by atoms with Crippen LogP contribution in [0.15, 0.2) is 30.7 Å². The maximum Gasteiger partial charge on any atom is 0.111 e. The molecule has 106 valence electrons. The van der Waals surface area contributed by atoms with Crippen LogP contribution in [0.1, 0.15) is 11.4 Å². The van der Waals surface area contributed by atoms with E-state index in [0.717, 1.165) is 36.9 Å². The van der Waals surface area contributed by atoms with E-state index < -0.39 is 0 Å². The zero-order valence-corrected chi connectivity index (χ0v) is 13.7. The summed E-state index contributed by atoms with van der Waals surface area (Å²) in [5.41, 5.74) is 3.97. The molecule has 0 aliphatic carbocycles. The van der Waals surface area contributed by atoms with Crippen molar-refractivity contribution in [1.82, 2.24) is 30.4 Å². The van der Waals surface area contributed by atoms with Gasteiger partial charge in [-0.15, -0.1) is 0 Å². The first kappa shape index (κ1) is 13.9. The van der Waals surface area contributed by atoms with Crippen LogP contribution in [0.2, 0.25) is 0 Å². The largest absolute Gasteiger partial charge is 0.276 e. The fraction of sp³-hybridized carbons (Fsp3) is 0.143. The molecule has 0 aliphatic rings. The van der Waals surface area contributed by atoms with E-state index in [1.165, 1.54) is 0 Å². The second-order valence-corrected chi connectivity index (χ2v) is 5.74. The van der Waals surface area contributed by atoms with Crippen molar-refractivity contribution < 1.29 is 0 Å². The van der Waals surface area contributed by atoms with E-state index in [4.69, 9.17) is 0 Å². The molecule has 0 aromatic carbocycles. The first-order valence-corrected chi connectivity index (χ1v) is 7.43. The minimum Gasteiger partial charge on any atom is -0.276 e. The van der Waals surface area contributed by atoms with Crippen molar-refractivity contribution in [3.05, 3.63) is 45.8 Å². The van der Waals surface area contributed by atoms with Crippen molar-refractivity contribution >= 4 is 44.4 Å². The van der Waals surface area contributed by atoms with E-state index in [1.54, 1.807) is 18.6 Å². The number of H-pyrrole nitrogens is 2. The van der Waals surface area contributed by atoms with Gasteiger partial charge >= 0.3 is 0 Å². The number of nitrogens with zero attached hydrogens (tertiary/aromatic N) is 4. The van der Waals surface area contributed by atoms with Gasteiger partial charge in [0.25, 0.3) is 0 Å². The van der Waals surface area contributed by atoms with Crippen LogP contribution in [0.5, 0.6) is 0 Å². The molecular formula is C14H13IN6. The number of pyridine rings is 2. The Labute approximate surface area is 134 Å². The van der Waals surface area contributed by atoms with E-state index in [-0.39, 0.29) is 0 Å². The van der Waals surface area contributed by atoms with E-state index >= 15 is 0 Å². The molecule has 7 heteroatoms. The van der Waals surface area contributed by atoms with Gasteiger partial charge in [0.2, 0.25) is 0 Å². The van der Waals surface area contributed by atoms with Crippen LogP contribution in [-0.4, -0.2) is 30.4 Å². The van der Waals surface area contributed by atoms with Gasteiger partial charge in [-0.3, -0.25) is 20.2 Å². The molecule has 4 aromatic heterocycles. The number of aryl methyl sites for hydroxylation is 2. The predicted molar refractivity (Wildman–Crippen MR) is 90.0 cm³/mol. The number of nitrogens with one attached hydrogen (secondary N) is 2. The minimum absolute atomic E-state index is 0.931. The van der Waals surface area contributed by atoms with Crippen molar-refractivity contribution in [3.63, 3.8) is 0 Å². The van der Waals surface area contributed by atoms with Gasteiger partial charge in [0.05, 0.1) is 24.1 Å². The fourth-order valence-corrected chi connectivity index (χ4v) is 2.49. The lowest BCUT2D eigenvalue weighted by Gasteiger charge is -1.89. The molecule has 0 amide bonds. The second kappa shape index (κ2) is 5.76. The monoisotopic (exact) mass is 392 g/mol. The van der Waals surface area contributed by atoms with E-state index in [9.17, 15) is 0 Å². The number of rotatable bonds is 0. The average Bonchev–Trinajstić information content (AvgIpc) is 3.06. The summed E-state index contributed by atoms with van der Waals surface area (Å²) in [6.07, 6.45) is 5.37. The highest BCUT2D eigenvalue weighted by atomic mass is 127. The maximum atomic E-state index is 4.13. The normalized spacial score (nSPS) is 10.6. The van der Waals surface area contributed by atoms with Gasteiger partial charge in [-0.05, 0) is 48.6 Å². The number of aromatic nitrogens is 6. The Balaban J connectivity index is 0.000000126. The average molecular weight is 392 g/mol. The second-order valence-electron chi connectivity index (χ2n) is 4.66. The molecule has 0 bridgehead atoms. The Morgan fingerprint density at radius 3 is 2.57 bits per heavy atom. The standard InChI is InChI=1S/C7H6IN3.C7H7N3/c1-4-2-5-6(3-9-4)10-11-7(5)8;1-5-2-6-3-9-10-7(6)4-8-5/h2-3H,1H3,(H,10,11);2-4H,1H3,(H,9,10). The molecule has 0 fully saturated rings. The van der Waals surface area contributed by atoms with Crippen molar-refractivity contribution in [3.8, 4) is 0 Å². The molecule has 0 saturated heterocycles. The summed E-state index contributed by atoms with van der Waals surface area (Å²) in [5, 5.41) is 15.9. The molecule has 4 aromatic rings. The summed E-state index contributed by atoms with van der Waals surface area (Å²) in [5.74, 6) is 0. The van der Waals surface area contributed by atoms with Gasteiger partial charge in [0.1, 0.15) is 9.22 Å². The van der Waals surface area contributed by atoms with Gasteiger partial charge < -0.3 is 0 Å². The number of hydrogen-bond donors (Lipinski definition) is 2. The summed E-state index contributed by atoms with van der Waals surface area (Å²) in [6, 6.07) is 4.03. The Morgan fingerprint density at radius 2 is 1.71 bits per heavy atom. The third-order valence-corrected chi connectivity index (χ3v) is 3.81. The van der Waals surface area contributed by atoms with Crippen LogP contribution in [0.4, 0.5) is 0 Å². The molecule has 4 rings (SSSR count). The lowest BCUT2D eigenvalue weighted by Crippen LogP contribution is -1.78. The molecule has 0 spiro atoms. The highest BCUT2D eigenvalue weighted by molar-refractivity contribution is 14.1. The zero-order chi connectivity index (χ0) is 14.8. The highest BCUT2D eigenvalue weighted by Crippen LogP contribution is 2.16. The van der Waals surface area contributed by atoms with Crippen molar-refractivity contribution in [2.75, 3.05) is 0 Å². The smallest absolute Gasteiger partial charge is 0.111 e. The topological polar surface area (TPSA) is 83.1 Å². The third kappa shape index (κ3) is 3.02. The van der Waals surface area contributed by atoms with Crippen molar-refractivity contribution in [2.24, 2.45) is 0 Å². The van der Waals surface area contributed by atoms with Crippen LogP contribution in [0.25, 0.3) is 21.8 Å². The van der Waals surface area contributed by atoms with E-state index in [2.05, 4.69) is 53.0 Å². The minimum atomic E-state index is 0.931. The van der Waals surface area contributed by atoms with Crippen LogP contribution in [0.3, 0.4) is 0 Å². The quantitative estimate of drug-likeness (QED) is 0.451. The van der Waals surface area contributed by atoms with Crippen LogP contribution in [0, 0.1) is 17.5 Å². The first-order chi connectivity index (χ1) is 10.1. The molecule has 21 heavy (non-hydrogen) atoms. The predicted octanol–water partition coefficient (Wildman–Crippen LogP) is 3.14. The van der Waals surface area contributed by atoms with Crippen molar-refractivity contribution in [2.45, 2.75) is 13.8 Å². The number of halogens is 1. The molecule has 2 N–H and O–H groups in total. The lowest BCUT2D eigenvalue weighted by molar-refractivity contribution is 1.09. The van der Waals surface area contributed by atoms with Crippen LogP contribution in [-0.2, 0) is 0 Å². The van der Waals surface area contributed by atoms with Crippen molar-refractivity contribution in [1.29, 1.82) is 0 Å². The first-order valence-electron chi connectivity index (χ1n) is 6.35.